The maximum Gasteiger partial charge on any atom is 0.433 e. The average molecular weight is 521 g/mol. The highest BCUT2D eigenvalue weighted by molar-refractivity contribution is 5.89. The van der Waals surface area contributed by atoms with Crippen LogP contribution in [0.1, 0.15) is 12.6 Å². The van der Waals surface area contributed by atoms with Gasteiger partial charge in [-0.1, -0.05) is 6.07 Å². The maximum absolute atomic E-state index is 13.2. The van der Waals surface area contributed by atoms with Crippen molar-refractivity contribution in [3.05, 3.63) is 72.3 Å². The number of pyridine rings is 2. The molecule has 4 rings (SSSR count). The van der Waals surface area contributed by atoms with Gasteiger partial charge in [-0.05, 0) is 55.5 Å². The quantitative estimate of drug-likeness (QED) is 0.237. The predicted octanol–water partition coefficient (Wildman–Crippen LogP) is 6.55. The number of rotatable bonds is 5. The molecule has 7 nitrogen and oxygen atoms in total. The van der Waals surface area contributed by atoms with Crippen molar-refractivity contribution in [2.75, 3.05) is 5.32 Å². The maximum atomic E-state index is 13.2. The van der Waals surface area contributed by atoms with Gasteiger partial charge in [0, 0.05) is 17.4 Å². The van der Waals surface area contributed by atoms with E-state index in [0.717, 1.165) is 18.2 Å². The van der Waals surface area contributed by atoms with Crippen LogP contribution in [-0.4, -0.2) is 36.8 Å². The molecular formula is C23H14F7N7. The molecule has 0 aliphatic heterocycles. The topological polar surface area (TPSA) is 88.8 Å². The van der Waals surface area contributed by atoms with E-state index in [-0.39, 0.29) is 11.6 Å². The van der Waals surface area contributed by atoms with E-state index in [9.17, 15) is 30.7 Å². The zero-order valence-corrected chi connectivity index (χ0v) is 18.6. The number of halogens is 7. The van der Waals surface area contributed by atoms with Crippen molar-refractivity contribution in [2.24, 2.45) is 4.99 Å². The van der Waals surface area contributed by atoms with Crippen LogP contribution in [0.3, 0.4) is 0 Å². The molecule has 190 valence electrons. The molecular weight excluding hydrogens is 507 g/mol. The van der Waals surface area contributed by atoms with Gasteiger partial charge in [0.05, 0.1) is 5.69 Å². The second-order valence-electron chi connectivity index (χ2n) is 7.45. The van der Waals surface area contributed by atoms with E-state index in [4.69, 9.17) is 0 Å². The van der Waals surface area contributed by atoms with E-state index in [2.05, 4.69) is 35.2 Å². The van der Waals surface area contributed by atoms with Crippen LogP contribution in [-0.2, 0) is 6.18 Å². The minimum absolute atomic E-state index is 0.311. The number of nitrogens with zero attached hydrogens (tertiary/aromatic N) is 6. The molecule has 37 heavy (non-hydrogen) atoms. The fourth-order valence-corrected chi connectivity index (χ4v) is 2.93. The molecule has 0 saturated heterocycles. The van der Waals surface area contributed by atoms with Crippen molar-refractivity contribution in [3.63, 3.8) is 0 Å². The Bertz CT molecular complexity index is 1450. The lowest BCUT2D eigenvalue weighted by atomic mass is 10.1. The van der Waals surface area contributed by atoms with Crippen LogP contribution >= 0.6 is 0 Å². The van der Waals surface area contributed by atoms with Crippen molar-refractivity contribution >= 4 is 23.3 Å². The highest BCUT2D eigenvalue weighted by Gasteiger charge is 2.33. The lowest BCUT2D eigenvalue weighted by Gasteiger charge is -2.11. The summed E-state index contributed by atoms with van der Waals surface area (Å²) in [7, 11) is 0. The summed E-state index contributed by atoms with van der Waals surface area (Å²) in [6.07, 6.45) is -8.15. The summed E-state index contributed by atoms with van der Waals surface area (Å²) >= 11 is 0. The molecule has 0 fully saturated rings. The van der Waals surface area contributed by atoms with Gasteiger partial charge in [0.15, 0.2) is 5.82 Å². The van der Waals surface area contributed by atoms with Crippen LogP contribution in [0.4, 0.5) is 48.3 Å². The first-order valence-corrected chi connectivity index (χ1v) is 10.3. The SMILES string of the molecule is C/C(=N\c1nc(Nc2ccnc(-c3ccc(F)cc3)c2)nc(-c2cccc(C(F)(F)F)n2)n1)C(F)(F)F. The number of aliphatic imine (C=N–C) groups is 1. The Kier molecular flexibility index (Phi) is 6.83. The van der Waals surface area contributed by atoms with Crippen LogP contribution in [0.2, 0.25) is 0 Å². The van der Waals surface area contributed by atoms with Gasteiger partial charge < -0.3 is 5.32 Å². The Morgan fingerprint density at radius 1 is 0.838 bits per heavy atom. The fraction of sp³-hybridized carbons (Fsp3) is 0.130. The lowest BCUT2D eigenvalue weighted by molar-refractivity contribution is -0.141. The second-order valence-corrected chi connectivity index (χ2v) is 7.45. The lowest BCUT2D eigenvalue weighted by Crippen LogP contribution is -2.19. The van der Waals surface area contributed by atoms with E-state index in [1.807, 2.05) is 0 Å². The molecule has 0 saturated carbocycles. The molecule has 0 unspecified atom stereocenters. The number of nitrogens with one attached hydrogen (secondary N) is 1. The summed E-state index contributed by atoms with van der Waals surface area (Å²) in [5, 5.41) is 2.76. The van der Waals surface area contributed by atoms with E-state index in [1.165, 1.54) is 42.6 Å². The summed E-state index contributed by atoms with van der Waals surface area (Å²) in [6, 6.07) is 11.4. The Morgan fingerprint density at radius 2 is 1.57 bits per heavy atom. The molecule has 0 spiro atoms. The third kappa shape index (κ3) is 6.39. The number of hydrogen-bond acceptors (Lipinski definition) is 7. The summed E-state index contributed by atoms with van der Waals surface area (Å²) in [5.74, 6) is -1.89. The van der Waals surface area contributed by atoms with E-state index in [1.54, 1.807) is 0 Å². The molecule has 0 aliphatic rings. The first-order chi connectivity index (χ1) is 17.4. The summed E-state index contributed by atoms with van der Waals surface area (Å²) in [6.45, 7) is 0.691. The standard InChI is InChI=1S/C23H14F7N7/c1-12(22(25,26)27)32-20-35-19(16-3-2-4-18(34-16)23(28,29)30)36-21(37-20)33-15-9-10-31-17(11-15)13-5-7-14(24)8-6-13/h2-11H,1H3,(H,31,33,35,36,37)/b32-12+. The fourth-order valence-electron chi connectivity index (χ4n) is 2.93. The number of alkyl halides is 6. The molecule has 1 N–H and O–H groups in total. The molecule has 3 heterocycles. The van der Waals surface area contributed by atoms with Crippen LogP contribution in [0.5, 0.6) is 0 Å². The molecule has 0 amide bonds. The Hall–Kier alpha value is -4.49. The predicted molar refractivity (Wildman–Crippen MR) is 120 cm³/mol. The number of benzene rings is 1. The van der Waals surface area contributed by atoms with Crippen molar-refractivity contribution in [2.45, 2.75) is 19.3 Å². The van der Waals surface area contributed by atoms with Gasteiger partial charge in [0.1, 0.15) is 22.9 Å². The van der Waals surface area contributed by atoms with Gasteiger partial charge in [0.25, 0.3) is 5.95 Å². The second kappa shape index (κ2) is 9.87. The molecule has 0 atom stereocenters. The Balaban J connectivity index is 1.76. The van der Waals surface area contributed by atoms with Gasteiger partial charge in [-0.3, -0.25) is 4.98 Å². The van der Waals surface area contributed by atoms with Crippen LogP contribution in [0.15, 0.2) is 65.8 Å². The van der Waals surface area contributed by atoms with Gasteiger partial charge in [0.2, 0.25) is 5.95 Å². The molecule has 14 heteroatoms. The van der Waals surface area contributed by atoms with E-state index < -0.39 is 41.3 Å². The zero-order chi connectivity index (χ0) is 26.8. The summed E-state index contributed by atoms with van der Waals surface area (Å²) in [5.41, 5.74) is -1.57. The monoisotopic (exact) mass is 521 g/mol. The van der Waals surface area contributed by atoms with Crippen LogP contribution in [0, 0.1) is 5.82 Å². The molecule has 0 bridgehead atoms. The largest absolute Gasteiger partial charge is 0.433 e. The number of hydrogen-bond donors (Lipinski definition) is 1. The first kappa shape index (κ1) is 25.6. The highest BCUT2D eigenvalue weighted by Crippen LogP contribution is 2.30. The average Bonchev–Trinajstić information content (AvgIpc) is 2.83. The van der Waals surface area contributed by atoms with Crippen LogP contribution in [0.25, 0.3) is 22.8 Å². The minimum Gasteiger partial charge on any atom is -0.324 e. The van der Waals surface area contributed by atoms with E-state index >= 15 is 0 Å². The first-order valence-electron chi connectivity index (χ1n) is 10.3. The minimum atomic E-state index is -4.79. The van der Waals surface area contributed by atoms with Gasteiger partial charge >= 0.3 is 12.4 Å². The van der Waals surface area contributed by atoms with Gasteiger partial charge in [-0.15, -0.1) is 0 Å². The van der Waals surface area contributed by atoms with Gasteiger partial charge in [-0.25, -0.2) is 14.4 Å². The molecule has 4 aromatic rings. The molecule has 3 aromatic heterocycles. The van der Waals surface area contributed by atoms with Crippen LogP contribution < -0.4 is 5.32 Å². The van der Waals surface area contributed by atoms with Crippen molar-refractivity contribution < 1.29 is 30.7 Å². The van der Waals surface area contributed by atoms with Crippen molar-refractivity contribution in [1.29, 1.82) is 0 Å². The smallest absolute Gasteiger partial charge is 0.324 e. The molecule has 1 aromatic carbocycles. The van der Waals surface area contributed by atoms with Crippen molar-refractivity contribution in [3.8, 4) is 22.8 Å². The number of anilines is 2. The molecule has 0 radical (unpaired) electrons. The third-order valence-electron chi connectivity index (χ3n) is 4.73. The number of aromatic nitrogens is 5. The molecule has 0 aliphatic carbocycles. The Labute approximate surface area is 204 Å². The third-order valence-corrected chi connectivity index (χ3v) is 4.73. The Morgan fingerprint density at radius 3 is 2.24 bits per heavy atom. The normalized spacial score (nSPS) is 12.5. The summed E-state index contributed by atoms with van der Waals surface area (Å²) < 4.78 is 91.7. The highest BCUT2D eigenvalue weighted by atomic mass is 19.4. The summed E-state index contributed by atoms with van der Waals surface area (Å²) in [4.78, 5) is 22.7. The van der Waals surface area contributed by atoms with Gasteiger partial charge in [-0.2, -0.15) is 41.3 Å². The zero-order valence-electron chi connectivity index (χ0n) is 18.6. The van der Waals surface area contributed by atoms with E-state index in [0.29, 0.717) is 23.9 Å². The van der Waals surface area contributed by atoms with Crippen molar-refractivity contribution in [1.82, 2.24) is 24.9 Å².